The first-order valence-corrected chi connectivity index (χ1v) is 7.94. The van der Waals surface area contributed by atoms with Crippen molar-refractivity contribution in [2.75, 3.05) is 5.32 Å². The number of rotatable bonds is 5. The van der Waals surface area contributed by atoms with E-state index in [2.05, 4.69) is 56.4 Å². The van der Waals surface area contributed by atoms with Crippen molar-refractivity contribution in [1.29, 1.82) is 0 Å². The zero-order chi connectivity index (χ0) is 16.2. The summed E-state index contributed by atoms with van der Waals surface area (Å²) in [5.41, 5.74) is 3.93. The molecule has 0 atom stereocenters. The molecule has 22 heavy (non-hydrogen) atoms. The Hall–Kier alpha value is -1.96. The maximum atomic E-state index is 5.72. The van der Waals surface area contributed by atoms with Gasteiger partial charge >= 0.3 is 0 Å². The normalized spacial score (nSPS) is 11.5. The van der Waals surface area contributed by atoms with Gasteiger partial charge in [-0.15, -0.1) is 0 Å². The molecule has 0 saturated carbocycles. The first kappa shape index (κ1) is 16.4. The van der Waals surface area contributed by atoms with Crippen molar-refractivity contribution in [3.05, 3.63) is 59.7 Å². The van der Waals surface area contributed by atoms with E-state index in [1.54, 1.807) is 0 Å². The highest BCUT2D eigenvalue weighted by molar-refractivity contribution is 5.48. The van der Waals surface area contributed by atoms with E-state index in [9.17, 15) is 0 Å². The molecule has 0 fully saturated rings. The quantitative estimate of drug-likeness (QED) is 0.799. The van der Waals surface area contributed by atoms with Crippen molar-refractivity contribution < 1.29 is 4.74 Å². The lowest BCUT2D eigenvalue weighted by molar-refractivity contribution is 0.242. The van der Waals surface area contributed by atoms with Gasteiger partial charge in [0.15, 0.2) is 0 Å². The van der Waals surface area contributed by atoms with Crippen LogP contribution in [-0.4, -0.2) is 6.10 Å². The van der Waals surface area contributed by atoms with E-state index < -0.39 is 0 Å². The topological polar surface area (TPSA) is 21.3 Å². The maximum Gasteiger partial charge on any atom is 0.121 e. The van der Waals surface area contributed by atoms with Gasteiger partial charge in [0.05, 0.1) is 6.10 Å². The number of nitrogens with one attached hydrogen (secondary N) is 1. The van der Waals surface area contributed by atoms with Crippen LogP contribution in [0.4, 0.5) is 5.69 Å². The molecule has 2 rings (SSSR count). The average Bonchev–Trinajstić information content (AvgIpc) is 2.44. The molecule has 0 amide bonds. The largest absolute Gasteiger partial charge is 0.491 e. The Labute approximate surface area is 134 Å². The average molecular weight is 297 g/mol. The molecule has 1 N–H and O–H groups in total. The van der Waals surface area contributed by atoms with Crippen molar-refractivity contribution in [1.82, 2.24) is 0 Å². The third-order valence-corrected chi connectivity index (χ3v) is 3.52. The van der Waals surface area contributed by atoms with Gasteiger partial charge in [0.25, 0.3) is 0 Å². The highest BCUT2D eigenvalue weighted by atomic mass is 16.5. The Morgan fingerprint density at radius 1 is 1.00 bits per heavy atom. The van der Waals surface area contributed by atoms with E-state index >= 15 is 0 Å². The van der Waals surface area contributed by atoms with Crippen LogP contribution in [0.5, 0.6) is 5.75 Å². The van der Waals surface area contributed by atoms with Gasteiger partial charge in [0, 0.05) is 18.3 Å². The van der Waals surface area contributed by atoms with Crippen molar-refractivity contribution in [2.24, 2.45) is 0 Å². The van der Waals surface area contributed by atoms with Crippen LogP contribution in [0.1, 0.15) is 45.7 Å². The number of hydrogen-bond donors (Lipinski definition) is 1. The number of anilines is 1. The van der Waals surface area contributed by atoms with Gasteiger partial charge < -0.3 is 10.1 Å². The number of hydrogen-bond acceptors (Lipinski definition) is 2. The lowest BCUT2D eigenvalue weighted by Gasteiger charge is -2.19. The summed E-state index contributed by atoms with van der Waals surface area (Å²) < 4.78 is 5.72. The van der Waals surface area contributed by atoms with E-state index in [4.69, 9.17) is 4.74 Å². The fourth-order valence-corrected chi connectivity index (χ4v) is 2.28. The van der Waals surface area contributed by atoms with Gasteiger partial charge in [-0.3, -0.25) is 0 Å². The van der Waals surface area contributed by atoms with Gasteiger partial charge in [-0.2, -0.15) is 0 Å². The van der Waals surface area contributed by atoms with E-state index in [-0.39, 0.29) is 11.5 Å². The van der Waals surface area contributed by atoms with Crippen LogP contribution in [0.3, 0.4) is 0 Å². The first-order chi connectivity index (χ1) is 10.3. The highest BCUT2D eigenvalue weighted by Gasteiger charge is 2.12. The van der Waals surface area contributed by atoms with Gasteiger partial charge in [0.2, 0.25) is 0 Å². The third kappa shape index (κ3) is 4.80. The van der Waals surface area contributed by atoms with Gasteiger partial charge in [-0.25, -0.2) is 0 Å². The zero-order valence-corrected chi connectivity index (χ0v) is 14.3. The second kappa shape index (κ2) is 6.87. The summed E-state index contributed by atoms with van der Waals surface area (Å²) >= 11 is 0. The molecule has 0 bridgehead atoms. The molecule has 0 aliphatic carbocycles. The number of benzene rings is 2. The summed E-state index contributed by atoms with van der Waals surface area (Å²) in [5, 5.41) is 3.45. The fraction of sp³-hybridized carbons (Fsp3) is 0.400. The predicted molar refractivity (Wildman–Crippen MR) is 94.7 cm³/mol. The molecule has 0 aliphatic heterocycles. The summed E-state index contributed by atoms with van der Waals surface area (Å²) in [4.78, 5) is 0. The molecule has 2 heteroatoms. The smallest absolute Gasteiger partial charge is 0.121 e. The summed E-state index contributed by atoms with van der Waals surface area (Å²) in [7, 11) is 0. The molecular weight excluding hydrogens is 270 g/mol. The van der Waals surface area contributed by atoms with Crippen LogP contribution in [0, 0.1) is 0 Å². The van der Waals surface area contributed by atoms with Crippen molar-refractivity contribution in [3.63, 3.8) is 0 Å². The van der Waals surface area contributed by atoms with Crippen molar-refractivity contribution in [2.45, 2.75) is 52.7 Å². The molecular formula is C20H27NO. The van der Waals surface area contributed by atoms with Crippen LogP contribution in [0.25, 0.3) is 0 Å². The molecule has 0 saturated heterocycles. The molecule has 0 aliphatic rings. The second-order valence-electron chi connectivity index (χ2n) is 6.99. The van der Waals surface area contributed by atoms with E-state index in [1.165, 1.54) is 11.1 Å². The van der Waals surface area contributed by atoms with E-state index in [0.717, 1.165) is 18.0 Å². The second-order valence-corrected chi connectivity index (χ2v) is 6.99. The Balaban J connectivity index is 1.98. The maximum absolute atomic E-state index is 5.72. The van der Waals surface area contributed by atoms with E-state index in [1.807, 2.05) is 32.0 Å². The summed E-state index contributed by atoms with van der Waals surface area (Å²) in [6.07, 6.45) is 0.195. The summed E-state index contributed by atoms with van der Waals surface area (Å²) in [6.45, 7) is 11.6. The fourth-order valence-electron chi connectivity index (χ4n) is 2.28. The summed E-state index contributed by atoms with van der Waals surface area (Å²) in [6, 6.07) is 16.9. The van der Waals surface area contributed by atoms with Gasteiger partial charge in [-0.05, 0) is 42.5 Å². The minimum atomic E-state index is 0.195. The molecule has 0 spiro atoms. The highest BCUT2D eigenvalue weighted by Crippen LogP contribution is 2.23. The SMILES string of the molecule is CC(C)Oc1cccc(NCc2ccc(C(C)(C)C)cc2)c1. The molecule has 0 aromatic heterocycles. The van der Waals surface area contributed by atoms with Crippen LogP contribution < -0.4 is 10.1 Å². The van der Waals surface area contributed by atoms with Crippen molar-refractivity contribution >= 4 is 5.69 Å². The summed E-state index contributed by atoms with van der Waals surface area (Å²) in [5.74, 6) is 0.906. The minimum absolute atomic E-state index is 0.195. The Bertz CT molecular complexity index is 594. The van der Waals surface area contributed by atoms with E-state index in [0.29, 0.717) is 0 Å². The monoisotopic (exact) mass is 297 g/mol. The molecule has 0 unspecified atom stereocenters. The molecule has 0 heterocycles. The van der Waals surface area contributed by atoms with Crippen molar-refractivity contribution in [3.8, 4) is 5.75 Å². The first-order valence-electron chi connectivity index (χ1n) is 7.94. The van der Waals surface area contributed by atoms with Gasteiger partial charge in [0.1, 0.15) is 5.75 Å². The lowest BCUT2D eigenvalue weighted by Crippen LogP contribution is -2.11. The third-order valence-electron chi connectivity index (χ3n) is 3.52. The van der Waals surface area contributed by atoms with Crippen LogP contribution >= 0.6 is 0 Å². The molecule has 2 nitrogen and oxygen atoms in total. The molecule has 2 aromatic rings. The Kier molecular flexibility index (Phi) is 5.12. The Morgan fingerprint density at radius 3 is 2.27 bits per heavy atom. The Morgan fingerprint density at radius 2 is 1.68 bits per heavy atom. The lowest BCUT2D eigenvalue weighted by atomic mass is 9.87. The standard InChI is InChI=1S/C20H27NO/c1-15(2)22-19-8-6-7-18(13-19)21-14-16-9-11-17(12-10-16)20(3,4)5/h6-13,15,21H,14H2,1-5H3. The van der Waals surface area contributed by atoms with Gasteiger partial charge in [-0.1, -0.05) is 51.1 Å². The zero-order valence-electron chi connectivity index (χ0n) is 14.3. The van der Waals surface area contributed by atoms with Crippen LogP contribution in [0.2, 0.25) is 0 Å². The molecule has 0 radical (unpaired) electrons. The minimum Gasteiger partial charge on any atom is -0.491 e. The predicted octanol–water partition coefficient (Wildman–Crippen LogP) is 5.38. The number of ether oxygens (including phenoxy) is 1. The molecule has 118 valence electrons. The molecule has 2 aromatic carbocycles. The van der Waals surface area contributed by atoms with Crippen LogP contribution in [-0.2, 0) is 12.0 Å². The van der Waals surface area contributed by atoms with Crippen LogP contribution in [0.15, 0.2) is 48.5 Å².